The Bertz CT molecular complexity index is 597. The molecule has 1 atom stereocenters. The molecule has 20 heavy (non-hydrogen) atoms. The van der Waals surface area contributed by atoms with Gasteiger partial charge in [-0.25, -0.2) is 4.39 Å². The summed E-state index contributed by atoms with van der Waals surface area (Å²) >= 11 is 0. The number of anilines is 1. The van der Waals surface area contributed by atoms with E-state index in [4.69, 9.17) is 10.4 Å². The van der Waals surface area contributed by atoms with Gasteiger partial charge in [-0.1, -0.05) is 0 Å². The highest BCUT2D eigenvalue weighted by atomic mass is 19.1. The number of aliphatic carboxylic acids is 1. The van der Waals surface area contributed by atoms with Gasteiger partial charge in [0.25, 0.3) is 0 Å². The Morgan fingerprint density at radius 2 is 2.35 bits per heavy atom. The van der Waals surface area contributed by atoms with Gasteiger partial charge in [0.1, 0.15) is 17.9 Å². The molecule has 1 aliphatic heterocycles. The lowest BCUT2D eigenvalue weighted by Gasteiger charge is -2.36. The van der Waals surface area contributed by atoms with E-state index >= 15 is 0 Å². The molecule has 2 rings (SSSR count). The van der Waals surface area contributed by atoms with Crippen LogP contribution in [-0.2, 0) is 9.59 Å². The number of amides is 1. The van der Waals surface area contributed by atoms with Gasteiger partial charge < -0.3 is 15.3 Å². The van der Waals surface area contributed by atoms with E-state index in [0.29, 0.717) is 18.8 Å². The second kappa shape index (κ2) is 5.57. The summed E-state index contributed by atoms with van der Waals surface area (Å²) in [4.78, 5) is 24.2. The highest BCUT2D eigenvalue weighted by Gasteiger charge is 2.32. The van der Waals surface area contributed by atoms with Gasteiger partial charge in [0.05, 0.1) is 17.7 Å². The Hall–Kier alpha value is -2.62. The van der Waals surface area contributed by atoms with E-state index in [1.165, 1.54) is 17.0 Å². The predicted octanol–water partition coefficient (Wildman–Crippen LogP) is 0.477. The van der Waals surface area contributed by atoms with Crippen LogP contribution >= 0.6 is 0 Å². The number of nitrogens with zero attached hydrogens (tertiary/aromatic N) is 2. The molecular formula is C13H12FN3O3. The lowest BCUT2D eigenvalue weighted by Crippen LogP contribution is -2.56. The quantitative estimate of drug-likeness (QED) is 0.838. The van der Waals surface area contributed by atoms with Crippen LogP contribution in [0.15, 0.2) is 18.2 Å². The van der Waals surface area contributed by atoms with Gasteiger partial charge in [-0.05, 0) is 18.2 Å². The number of nitrogens with one attached hydrogen (secondary N) is 1. The molecule has 0 radical (unpaired) electrons. The zero-order valence-electron chi connectivity index (χ0n) is 10.5. The predicted molar refractivity (Wildman–Crippen MR) is 67.5 cm³/mol. The molecule has 1 saturated heterocycles. The molecule has 7 heteroatoms. The third-order valence-corrected chi connectivity index (χ3v) is 3.09. The maximum Gasteiger partial charge on any atom is 0.305 e. The summed E-state index contributed by atoms with van der Waals surface area (Å²) in [5.41, 5.74) is 0.449. The number of nitriles is 1. The van der Waals surface area contributed by atoms with E-state index in [2.05, 4.69) is 5.32 Å². The van der Waals surface area contributed by atoms with Crippen LogP contribution < -0.4 is 10.2 Å². The largest absolute Gasteiger partial charge is 0.481 e. The van der Waals surface area contributed by atoms with Crippen molar-refractivity contribution in [1.82, 2.24) is 5.32 Å². The molecule has 0 aromatic heterocycles. The highest BCUT2D eigenvalue weighted by Crippen LogP contribution is 2.25. The number of benzene rings is 1. The molecule has 1 aromatic rings. The SMILES string of the molecule is N#Cc1cc(F)ccc1N1CCNC(=O)C1CC(=O)O. The minimum absolute atomic E-state index is 0.0788. The molecule has 1 aliphatic rings. The van der Waals surface area contributed by atoms with E-state index < -0.39 is 23.7 Å². The van der Waals surface area contributed by atoms with E-state index in [1.54, 1.807) is 0 Å². The van der Waals surface area contributed by atoms with Crippen molar-refractivity contribution >= 4 is 17.6 Å². The van der Waals surface area contributed by atoms with E-state index in [9.17, 15) is 14.0 Å². The number of carbonyl (C=O) groups excluding carboxylic acids is 1. The van der Waals surface area contributed by atoms with Crippen LogP contribution in [0.1, 0.15) is 12.0 Å². The Kier molecular flexibility index (Phi) is 3.84. The van der Waals surface area contributed by atoms with Crippen LogP contribution in [0.3, 0.4) is 0 Å². The molecule has 0 spiro atoms. The summed E-state index contributed by atoms with van der Waals surface area (Å²) in [6.07, 6.45) is -0.381. The lowest BCUT2D eigenvalue weighted by atomic mass is 10.1. The monoisotopic (exact) mass is 277 g/mol. The number of carboxylic acids is 1. The van der Waals surface area contributed by atoms with Crippen molar-refractivity contribution in [2.24, 2.45) is 0 Å². The molecule has 0 bridgehead atoms. The second-order valence-corrected chi connectivity index (χ2v) is 4.37. The average Bonchev–Trinajstić information content (AvgIpc) is 2.41. The molecule has 1 amide bonds. The number of hydrogen-bond acceptors (Lipinski definition) is 4. The molecule has 1 heterocycles. The van der Waals surface area contributed by atoms with Crippen molar-refractivity contribution in [2.75, 3.05) is 18.0 Å². The molecule has 2 N–H and O–H groups in total. The van der Waals surface area contributed by atoms with Crippen molar-refractivity contribution in [3.05, 3.63) is 29.6 Å². The summed E-state index contributed by atoms with van der Waals surface area (Å²) in [5, 5.41) is 20.5. The first kappa shape index (κ1) is 13.8. The average molecular weight is 277 g/mol. The molecule has 104 valence electrons. The topological polar surface area (TPSA) is 93.4 Å². The number of carboxylic acid groups (broad SMARTS) is 1. The maximum absolute atomic E-state index is 13.1. The normalized spacial score (nSPS) is 18.3. The van der Waals surface area contributed by atoms with Crippen LogP contribution in [0, 0.1) is 17.1 Å². The van der Waals surface area contributed by atoms with E-state index in [1.807, 2.05) is 6.07 Å². The summed E-state index contributed by atoms with van der Waals surface area (Å²) < 4.78 is 13.1. The summed E-state index contributed by atoms with van der Waals surface area (Å²) in [7, 11) is 0. The molecule has 1 fully saturated rings. The fraction of sp³-hybridized carbons (Fsp3) is 0.308. The fourth-order valence-corrected chi connectivity index (χ4v) is 2.22. The second-order valence-electron chi connectivity index (χ2n) is 4.37. The third kappa shape index (κ3) is 2.69. The van der Waals surface area contributed by atoms with Gasteiger partial charge in [-0.15, -0.1) is 0 Å². The first-order valence-electron chi connectivity index (χ1n) is 5.98. The molecule has 6 nitrogen and oxygen atoms in total. The minimum Gasteiger partial charge on any atom is -0.481 e. The first-order chi connectivity index (χ1) is 9.52. The molecule has 1 aromatic carbocycles. The van der Waals surface area contributed by atoms with Gasteiger partial charge >= 0.3 is 5.97 Å². The Morgan fingerprint density at radius 3 is 3.00 bits per heavy atom. The summed E-state index contributed by atoms with van der Waals surface area (Å²) in [5.74, 6) is -2.08. The van der Waals surface area contributed by atoms with Crippen LogP contribution in [0.4, 0.5) is 10.1 Å². The fourth-order valence-electron chi connectivity index (χ4n) is 2.22. The van der Waals surface area contributed by atoms with E-state index in [-0.39, 0.29) is 12.0 Å². The standard InChI is InChI=1S/C13H12FN3O3/c14-9-1-2-10(8(5-9)7-15)17-4-3-16-13(20)11(17)6-12(18)19/h1-2,5,11H,3-4,6H2,(H,16,20)(H,18,19). The Balaban J connectivity index is 2.40. The number of carbonyl (C=O) groups is 2. The summed E-state index contributed by atoms with van der Waals surface area (Å²) in [6, 6.07) is 4.60. The van der Waals surface area contributed by atoms with Gasteiger partial charge in [-0.3, -0.25) is 9.59 Å². The van der Waals surface area contributed by atoms with Gasteiger partial charge in [0.15, 0.2) is 0 Å². The molecule has 1 unspecified atom stereocenters. The van der Waals surface area contributed by atoms with Crippen molar-refractivity contribution < 1.29 is 19.1 Å². The highest BCUT2D eigenvalue weighted by molar-refractivity contribution is 5.90. The van der Waals surface area contributed by atoms with Gasteiger partial charge in [0.2, 0.25) is 5.91 Å². The van der Waals surface area contributed by atoms with Crippen molar-refractivity contribution in [3.63, 3.8) is 0 Å². The molecule has 0 saturated carbocycles. The lowest BCUT2D eigenvalue weighted by molar-refractivity contribution is -0.139. The van der Waals surface area contributed by atoms with Crippen molar-refractivity contribution in [1.29, 1.82) is 5.26 Å². The van der Waals surface area contributed by atoms with Crippen LogP contribution in [-0.4, -0.2) is 36.1 Å². The number of hydrogen-bond donors (Lipinski definition) is 2. The van der Waals surface area contributed by atoms with E-state index in [0.717, 1.165) is 6.07 Å². The van der Waals surface area contributed by atoms with Gasteiger partial charge in [0, 0.05) is 13.1 Å². The van der Waals surface area contributed by atoms with Crippen molar-refractivity contribution in [3.8, 4) is 6.07 Å². The zero-order chi connectivity index (χ0) is 14.7. The Morgan fingerprint density at radius 1 is 1.60 bits per heavy atom. The number of halogens is 1. The van der Waals surface area contributed by atoms with Gasteiger partial charge in [-0.2, -0.15) is 5.26 Å². The summed E-state index contributed by atoms with van der Waals surface area (Å²) in [6.45, 7) is 0.710. The van der Waals surface area contributed by atoms with Crippen LogP contribution in [0.25, 0.3) is 0 Å². The third-order valence-electron chi connectivity index (χ3n) is 3.09. The first-order valence-corrected chi connectivity index (χ1v) is 5.98. The zero-order valence-corrected chi connectivity index (χ0v) is 10.5. The Labute approximate surface area is 114 Å². The van der Waals surface area contributed by atoms with Crippen LogP contribution in [0.5, 0.6) is 0 Å². The number of rotatable bonds is 3. The molecular weight excluding hydrogens is 265 g/mol. The minimum atomic E-state index is -1.11. The number of piperazine rings is 1. The molecule has 0 aliphatic carbocycles. The smallest absolute Gasteiger partial charge is 0.305 e. The maximum atomic E-state index is 13.1. The van der Waals surface area contributed by atoms with Crippen molar-refractivity contribution in [2.45, 2.75) is 12.5 Å². The van der Waals surface area contributed by atoms with Crippen LogP contribution in [0.2, 0.25) is 0 Å².